The molecule has 8 nitrogen and oxygen atoms in total. The third-order valence-corrected chi connectivity index (χ3v) is 6.07. The van der Waals surface area contributed by atoms with Gasteiger partial charge in [-0.15, -0.1) is 0 Å². The summed E-state index contributed by atoms with van der Waals surface area (Å²) in [6.07, 6.45) is 2.16. The zero-order valence-corrected chi connectivity index (χ0v) is 17.0. The van der Waals surface area contributed by atoms with Gasteiger partial charge in [-0.3, -0.25) is 4.90 Å². The Kier molecular flexibility index (Phi) is 4.57. The quantitative estimate of drug-likeness (QED) is 0.700. The van der Waals surface area contributed by atoms with Crippen LogP contribution in [0.15, 0.2) is 17.9 Å². The van der Waals surface area contributed by atoms with Gasteiger partial charge in [0.25, 0.3) is 0 Å². The lowest BCUT2D eigenvalue weighted by Crippen LogP contribution is -2.48. The second kappa shape index (κ2) is 7.09. The fourth-order valence-electron chi connectivity index (χ4n) is 4.30. The van der Waals surface area contributed by atoms with Gasteiger partial charge in [0.1, 0.15) is 23.0 Å². The first-order valence-electron chi connectivity index (χ1n) is 9.73. The average Bonchev–Trinajstić information content (AvgIpc) is 3.42. The van der Waals surface area contributed by atoms with E-state index in [9.17, 15) is 0 Å². The van der Waals surface area contributed by atoms with E-state index in [4.69, 9.17) is 26.1 Å². The first kappa shape index (κ1) is 18.0. The fraction of sp³-hybridized carbons (Fsp3) is 0.579. The SMILES string of the molecule is COCCN1CCN(c2nc3c(N4CC5=C[C@@H]4CO5)nc(Cl)cc3n2C)CC1. The third-order valence-electron chi connectivity index (χ3n) is 5.88. The van der Waals surface area contributed by atoms with Gasteiger partial charge in [-0.2, -0.15) is 0 Å². The molecule has 0 aliphatic carbocycles. The molecule has 5 rings (SSSR count). The van der Waals surface area contributed by atoms with Crippen LogP contribution in [0.25, 0.3) is 11.0 Å². The second-order valence-corrected chi connectivity index (χ2v) is 7.96. The molecule has 0 radical (unpaired) electrons. The van der Waals surface area contributed by atoms with Gasteiger partial charge in [0, 0.05) is 52.9 Å². The van der Waals surface area contributed by atoms with E-state index in [1.54, 1.807) is 7.11 Å². The number of imidazole rings is 1. The lowest BCUT2D eigenvalue weighted by Gasteiger charge is -2.35. The third kappa shape index (κ3) is 3.00. The molecule has 3 aliphatic rings. The minimum Gasteiger partial charge on any atom is -0.494 e. The molecule has 0 N–H and O–H groups in total. The molecule has 2 aromatic heterocycles. The Hall–Kier alpha value is -2.03. The van der Waals surface area contributed by atoms with Crippen LogP contribution >= 0.6 is 11.6 Å². The lowest BCUT2D eigenvalue weighted by atomic mass is 10.3. The summed E-state index contributed by atoms with van der Waals surface area (Å²) in [5, 5.41) is 0.495. The summed E-state index contributed by atoms with van der Waals surface area (Å²) < 4.78 is 13.0. The molecule has 3 aliphatic heterocycles. The molecule has 150 valence electrons. The van der Waals surface area contributed by atoms with Crippen molar-refractivity contribution in [3.63, 3.8) is 0 Å². The van der Waals surface area contributed by atoms with Crippen LogP contribution in [0.5, 0.6) is 0 Å². The van der Waals surface area contributed by atoms with Gasteiger partial charge in [-0.05, 0) is 6.08 Å². The van der Waals surface area contributed by atoms with Gasteiger partial charge in [0.15, 0.2) is 5.82 Å². The number of pyridine rings is 1. The van der Waals surface area contributed by atoms with E-state index in [0.717, 1.165) is 74.4 Å². The number of piperazine rings is 1. The molecule has 0 spiro atoms. The summed E-state index contributed by atoms with van der Waals surface area (Å²) in [4.78, 5) is 16.7. The molecule has 0 aromatic carbocycles. The van der Waals surface area contributed by atoms with Crippen molar-refractivity contribution in [2.75, 3.05) is 69.4 Å². The number of aromatic nitrogens is 3. The highest BCUT2D eigenvalue weighted by Gasteiger charge is 2.35. The fourth-order valence-corrected chi connectivity index (χ4v) is 4.48. The minimum atomic E-state index is 0.221. The molecular weight excluding hydrogens is 380 g/mol. The molecule has 5 heterocycles. The van der Waals surface area contributed by atoms with Crippen molar-refractivity contribution < 1.29 is 9.47 Å². The molecule has 1 fully saturated rings. The predicted octanol–water partition coefficient (Wildman–Crippen LogP) is 1.49. The monoisotopic (exact) mass is 404 g/mol. The van der Waals surface area contributed by atoms with Crippen LogP contribution in [0.3, 0.4) is 0 Å². The molecular formula is C19H25ClN6O2. The van der Waals surface area contributed by atoms with Crippen LogP contribution < -0.4 is 9.80 Å². The molecule has 28 heavy (non-hydrogen) atoms. The van der Waals surface area contributed by atoms with E-state index in [1.807, 2.05) is 6.07 Å². The van der Waals surface area contributed by atoms with Gasteiger partial charge in [0.05, 0.1) is 24.7 Å². The van der Waals surface area contributed by atoms with Crippen molar-refractivity contribution in [1.29, 1.82) is 0 Å². The number of ether oxygens (including phenoxy) is 2. The first-order valence-corrected chi connectivity index (χ1v) is 10.1. The van der Waals surface area contributed by atoms with Crippen LogP contribution in [0.1, 0.15) is 0 Å². The molecule has 2 aromatic rings. The van der Waals surface area contributed by atoms with E-state index < -0.39 is 0 Å². The summed E-state index contributed by atoms with van der Waals surface area (Å²) in [6.45, 7) is 7.08. The van der Waals surface area contributed by atoms with Gasteiger partial charge in [-0.25, -0.2) is 9.97 Å². The van der Waals surface area contributed by atoms with Crippen molar-refractivity contribution in [3.8, 4) is 0 Å². The first-order chi connectivity index (χ1) is 13.6. The highest BCUT2D eigenvalue weighted by molar-refractivity contribution is 6.30. The smallest absolute Gasteiger partial charge is 0.206 e. The normalized spacial score (nSPS) is 22.2. The number of halogens is 1. The Morgan fingerprint density at radius 1 is 1.25 bits per heavy atom. The van der Waals surface area contributed by atoms with Crippen LogP contribution in [-0.2, 0) is 16.5 Å². The predicted molar refractivity (Wildman–Crippen MR) is 109 cm³/mol. The highest BCUT2D eigenvalue weighted by atomic mass is 35.5. The minimum absolute atomic E-state index is 0.221. The highest BCUT2D eigenvalue weighted by Crippen LogP contribution is 2.36. The molecule has 0 unspecified atom stereocenters. The molecule has 1 atom stereocenters. The zero-order chi connectivity index (χ0) is 19.3. The van der Waals surface area contributed by atoms with Crippen molar-refractivity contribution in [2.24, 2.45) is 7.05 Å². The Balaban J connectivity index is 1.44. The Morgan fingerprint density at radius 2 is 2.07 bits per heavy atom. The largest absolute Gasteiger partial charge is 0.494 e. The van der Waals surface area contributed by atoms with Crippen molar-refractivity contribution in [2.45, 2.75) is 6.04 Å². The van der Waals surface area contributed by atoms with Crippen molar-refractivity contribution in [3.05, 3.63) is 23.1 Å². The maximum absolute atomic E-state index is 6.38. The van der Waals surface area contributed by atoms with Gasteiger partial charge < -0.3 is 23.8 Å². The summed E-state index contributed by atoms with van der Waals surface area (Å²) in [5.74, 6) is 2.84. The number of hydrogen-bond donors (Lipinski definition) is 0. The van der Waals surface area contributed by atoms with Crippen molar-refractivity contribution in [1.82, 2.24) is 19.4 Å². The van der Waals surface area contributed by atoms with Crippen LogP contribution in [0.4, 0.5) is 11.8 Å². The number of rotatable bonds is 5. The van der Waals surface area contributed by atoms with Gasteiger partial charge in [-0.1, -0.05) is 11.6 Å². The van der Waals surface area contributed by atoms with E-state index in [0.29, 0.717) is 11.8 Å². The Labute approximate surface area is 169 Å². The number of fused-ring (bicyclic) bond motifs is 2. The molecule has 2 bridgehead atoms. The van der Waals surface area contributed by atoms with E-state index in [1.165, 1.54) is 0 Å². The average molecular weight is 405 g/mol. The van der Waals surface area contributed by atoms with Gasteiger partial charge in [0.2, 0.25) is 5.95 Å². The molecule has 9 heteroatoms. The summed E-state index contributed by atoms with van der Waals surface area (Å²) >= 11 is 6.38. The van der Waals surface area contributed by atoms with Gasteiger partial charge >= 0.3 is 0 Å². The van der Waals surface area contributed by atoms with Crippen LogP contribution in [0.2, 0.25) is 5.15 Å². The molecule has 0 saturated carbocycles. The Bertz CT molecular complexity index is 921. The number of morpholine rings is 1. The molecule has 1 saturated heterocycles. The maximum Gasteiger partial charge on any atom is 0.206 e. The number of hydrogen-bond acceptors (Lipinski definition) is 7. The Morgan fingerprint density at radius 3 is 2.75 bits per heavy atom. The summed E-state index contributed by atoms with van der Waals surface area (Å²) in [7, 11) is 3.81. The number of nitrogens with zero attached hydrogens (tertiary/aromatic N) is 6. The van der Waals surface area contributed by atoms with Crippen LogP contribution in [-0.4, -0.2) is 85.1 Å². The van der Waals surface area contributed by atoms with Crippen LogP contribution in [0, 0.1) is 0 Å². The molecule has 0 amide bonds. The summed E-state index contributed by atoms with van der Waals surface area (Å²) in [5.41, 5.74) is 1.92. The van der Waals surface area contributed by atoms with Crippen molar-refractivity contribution >= 4 is 34.4 Å². The summed E-state index contributed by atoms with van der Waals surface area (Å²) in [6, 6.07) is 2.13. The second-order valence-electron chi connectivity index (χ2n) is 7.57. The topological polar surface area (TPSA) is 58.9 Å². The van der Waals surface area contributed by atoms with E-state index >= 15 is 0 Å². The standard InChI is InChI=1S/C19H25ClN6O2/c1-23-15-10-16(20)21-18(26-11-14-9-13(26)12-28-14)17(15)22-19(23)25-5-3-24(4-6-25)7-8-27-2/h9-10,13H,3-8,11-12H2,1-2H3/t13-/m1/s1. The number of methoxy groups -OCH3 is 1. The van der Waals surface area contributed by atoms with E-state index in [2.05, 4.69) is 37.4 Å². The number of aryl methyl sites for hydroxylation is 1. The maximum atomic E-state index is 6.38. The number of anilines is 2. The van der Waals surface area contributed by atoms with E-state index in [-0.39, 0.29) is 6.04 Å². The lowest BCUT2D eigenvalue weighted by molar-refractivity contribution is 0.143. The zero-order valence-electron chi connectivity index (χ0n) is 16.3.